The molecule has 6 nitrogen and oxygen atoms in total. The molecular weight excluding hydrogens is 409 g/mol. The number of halogens is 1. The summed E-state index contributed by atoms with van der Waals surface area (Å²) in [6, 6.07) is 9.58. The summed E-state index contributed by atoms with van der Waals surface area (Å²) >= 11 is 0. The number of benzene rings is 1. The zero-order chi connectivity index (χ0) is 16.4. The number of hydrogen-bond donors (Lipinski definition) is 2. The van der Waals surface area contributed by atoms with Crippen LogP contribution >= 0.6 is 24.0 Å². The Morgan fingerprint density at radius 3 is 2.39 bits per heavy atom. The van der Waals surface area contributed by atoms with E-state index in [1.807, 2.05) is 51.1 Å². The van der Waals surface area contributed by atoms with E-state index in [0.717, 1.165) is 5.75 Å². The van der Waals surface area contributed by atoms with Gasteiger partial charge in [0.15, 0.2) is 5.96 Å². The van der Waals surface area contributed by atoms with Crippen molar-refractivity contribution in [2.75, 3.05) is 26.7 Å². The second-order valence-corrected chi connectivity index (χ2v) is 5.60. The van der Waals surface area contributed by atoms with E-state index in [0.29, 0.717) is 19.1 Å². The summed E-state index contributed by atoms with van der Waals surface area (Å²) in [4.78, 5) is 15.6. The Hall–Kier alpha value is -1.51. The average molecular weight is 435 g/mol. The van der Waals surface area contributed by atoms with E-state index >= 15 is 0 Å². The number of nitrogens with one attached hydrogen (secondary N) is 2. The maximum absolute atomic E-state index is 11.6. The topological polar surface area (TPSA) is 72.0 Å². The first-order chi connectivity index (χ1) is 10.4. The highest BCUT2D eigenvalue weighted by atomic mass is 127. The van der Waals surface area contributed by atoms with E-state index in [2.05, 4.69) is 15.6 Å². The highest BCUT2D eigenvalue weighted by Crippen LogP contribution is 2.07. The van der Waals surface area contributed by atoms with Gasteiger partial charge in [0.05, 0.1) is 6.54 Å². The first kappa shape index (κ1) is 21.5. The number of guanidine groups is 1. The molecule has 0 bridgehead atoms. The molecule has 0 aromatic heterocycles. The Balaban J connectivity index is 0.00000484. The monoisotopic (exact) mass is 435 g/mol. The van der Waals surface area contributed by atoms with E-state index in [1.54, 1.807) is 7.05 Å². The zero-order valence-corrected chi connectivity index (χ0v) is 16.4. The van der Waals surface area contributed by atoms with Gasteiger partial charge in [-0.05, 0) is 32.9 Å². The molecule has 0 heterocycles. The summed E-state index contributed by atoms with van der Waals surface area (Å²) in [5, 5.41) is 5.96. The fourth-order valence-electron chi connectivity index (χ4n) is 1.61. The van der Waals surface area contributed by atoms with Crippen LogP contribution in [0.2, 0.25) is 0 Å². The quantitative estimate of drug-likeness (QED) is 0.236. The predicted octanol–water partition coefficient (Wildman–Crippen LogP) is 2.19. The number of carbonyl (C=O) groups excluding carboxylic acids is 1. The second-order valence-electron chi connectivity index (χ2n) is 5.60. The van der Waals surface area contributed by atoms with Crippen LogP contribution in [-0.2, 0) is 9.53 Å². The van der Waals surface area contributed by atoms with Crippen molar-refractivity contribution in [2.24, 2.45) is 4.99 Å². The highest BCUT2D eigenvalue weighted by Gasteiger charge is 2.16. The lowest BCUT2D eigenvalue weighted by Gasteiger charge is -2.20. The van der Waals surface area contributed by atoms with Gasteiger partial charge in [0.2, 0.25) is 0 Å². The molecule has 1 rings (SSSR count). The van der Waals surface area contributed by atoms with E-state index in [4.69, 9.17) is 9.47 Å². The maximum Gasteiger partial charge on any atom is 0.325 e. The Kier molecular flexibility index (Phi) is 10.4. The number of ether oxygens (including phenoxy) is 2. The smallest absolute Gasteiger partial charge is 0.325 e. The molecular formula is C16H26IN3O3. The van der Waals surface area contributed by atoms with Crippen LogP contribution in [0.1, 0.15) is 20.8 Å². The number of nitrogens with zero attached hydrogens (tertiary/aromatic N) is 1. The third-order valence-electron chi connectivity index (χ3n) is 2.45. The van der Waals surface area contributed by atoms with Crippen LogP contribution in [0, 0.1) is 0 Å². The molecule has 0 unspecified atom stereocenters. The van der Waals surface area contributed by atoms with Crippen molar-refractivity contribution in [1.29, 1.82) is 0 Å². The minimum absolute atomic E-state index is 0. The van der Waals surface area contributed by atoms with Crippen LogP contribution in [0.15, 0.2) is 35.3 Å². The van der Waals surface area contributed by atoms with Gasteiger partial charge in [0, 0.05) is 7.05 Å². The molecule has 0 saturated carbocycles. The molecule has 0 amide bonds. The van der Waals surface area contributed by atoms with Crippen LogP contribution in [0.3, 0.4) is 0 Å². The van der Waals surface area contributed by atoms with Gasteiger partial charge in [-0.15, -0.1) is 24.0 Å². The standard InChI is InChI=1S/C16H25N3O3.HI/c1-16(2,3)22-14(20)12-19-15(17-4)18-10-11-21-13-8-6-5-7-9-13;/h5-9H,10-12H2,1-4H3,(H2,17,18,19);1H. The molecule has 7 heteroatoms. The largest absolute Gasteiger partial charge is 0.492 e. The third kappa shape index (κ3) is 10.8. The van der Waals surface area contributed by atoms with Crippen molar-refractivity contribution < 1.29 is 14.3 Å². The Bertz CT molecular complexity index is 487. The molecule has 0 aliphatic carbocycles. The van der Waals surface area contributed by atoms with Crippen molar-refractivity contribution in [1.82, 2.24) is 10.6 Å². The maximum atomic E-state index is 11.6. The summed E-state index contributed by atoms with van der Waals surface area (Å²) in [7, 11) is 1.64. The van der Waals surface area contributed by atoms with Crippen molar-refractivity contribution in [3.63, 3.8) is 0 Å². The molecule has 23 heavy (non-hydrogen) atoms. The van der Waals surface area contributed by atoms with Crippen LogP contribution in [0.25, 0.3) is 0 Å². The molecule has 0 spiro atoms. The van der Waals surface area contributed by atoms with Gasteiger partial charge >= 0.3 is 5.97 Å². The van der Waals surface area contributed by atoms with Crippen molar-refractivity contribution in [3.05, 3.63) is 30.3 Å². The molecule has 130 valence electrons. The van der Waals surface area contributed by atoms with Crippen molar-refractivity contribution in [3.8, 4) is 5.75 Å². The van der Waals surface area contributed by atoms with E-state index < -0.39 is 5.60 Å². The Labute approximate surface area is 155 Å². The fourth-order valence-corrected chi connectivity index (χ4v) is 1.61. The Morgan fingerprint density at radius 1 is 1.17 bits per heavy atom. The number of aliphatic imine (C=N–C) groups is 1. The number of carbonyl (C=O) groups is 1. The molecule has 0 radical (unpaired) electrons. The average Bonchev–Trinajstić information content (AvgIpc) is 2.46. The molecule has 0 fully saturated rings. The molecule has 1 aromatic carbocycles. The van der Waals surface area contributed by atoms with Crippen LogP contribution in [-0.4, -0.2) is 44.3 Å². The normalized spacial score (nSPS) is 11.2. The highest BCUT2D eigenvalue weighted by molar-refractivity contribution is 14.0. The second kappa shape index (κ2) is 11.1. The minimum Gasteiger partial charge on any atom is -0.492 e. The zero-order valence-electron chi connectivity index (χ0n) is 14.1. The van der Waals surface area contributed by atoms with E-state index in [1.165, 1.54) is 0 Å². The molecule has 0 saturated heterocycles. The van der Waals surface area contributed by atoms with E-state index in [9.17, 15) is 4.79 Å². The first-order valence-electron chi connectivity index (χ1n) is 7.25. The summed E-state index contributed by atoms with van der Waals surface area (Å²) in [6.07, 6.45) is 0. The lowest BCUT2D eigenvalue weighted by atomic mass is 10.2. The summed E-state index contributed by atoms with van der Waals surface area (Å²) in [5.41, 5.74) is -0.487. The SMILES string of the molecule is CN=C(NCCOc1ccccc1)NCC(=O)OC(C)(C)C.I. The van der Waals surface area contributed by atoms with Crippen LogP contribution < -0.4 is 15.4 Å². The first-order valence-corrected chi connectivity index (χ1v) is 7.25. The van der Waals surface area contributed by atoms with Crippen molar-refractivity contribution >= 4 is 35.9 Å². The van der Waals surface area contributed by atoms with Gasteiger partial charge in [-0.1, -0.05) is 18.2 Å². The molecule has 2 N–H and O–H groups in total. The van der Waals surface area contributed by atoms with Gasteiger partial charge in [0.25, 0.3) is 0 Å². The number of hydrogen-bond acceptors (Lipinski definition) is 4. The van der Waals surface area contributed by atoms with Crippen molar-refractivity contribution in [2.45, 2.75) is 26.4 Å². The lowest BCUT2D eigenvalue weighted by molar-refractivity contribution is -0.153. The summed E-state index contributed by atoms with van der Waals surface area (Å²) < 4.78 is 10.8. The summed E-state index contributed by atoms with van der Waals surface area (Å²) in [6.45, 7) is 6.63. The molecule has 0 aliphatic heterocycles. The van der Waals surface area contributed by atoms with Gasteiger partial charge < -0.3 is 20.1 Å². The van der Waals surface area contributed by atoms with Crippen LogP contribution in [0.5, 0.6) is 5.75 Å². The molecule has 0 atom stereocenters. The van der Waals surface area contributed by atoms with Crippen LogP contribution in [0.4, 0.5) is 0 Å². The summed E-state index contributed by atoms with van der Waals surface area (Å²) in [5.74, 6) is 1.03. The van der Waals surface area contributed by atoms with Gasteiger partial charge in [-0.3, -0.25) is 9.79 Å². The van der Waals surface area contributed by atoms with Gasteiger partial charge in [-0.2, -0.15) is 0 Å². The number of para-hydroxylation sites is 1. The molecule has 0 aliphatic rings. The number of esters is 1. The van der Waals surface area contributed by atoms with Gasteiger partial charge in [-0.25, -0.2) is 0 Å². The molecule has 1 aromatic rings. The minimum atomic E-state index is -0.487. The van der Waals surface area contributed by atoms with Gasteiger partial charge in [0.1, 0.15) is 24.5 Å². The number of rotatable bonds is 6. The lowest BCUT2D eigenvalue weighted by Crippen LogP contribution is -2.42. The fraction of sp³-hybridized carbons (Fsp3) is 0.500. The van der Waals surface area contributed by atoms with E-state index in [-0.39, 0.29) is 36.5 Å². The Morgan fingerprint density at radius 2 is 1.83 bits per heavy atom. The third-order valence-corrected chi connectivity index (χ3v) is 2.45. The predicted molar refractivity (Wildman–Crippen MR) is 103 cm³/mol.